The summed E-state index contributed by atoms with van der Waals surface area (Å²) in [7, 11) is -1.91. The van der Waals surface area contributed by atoms with Gasteiger partial charge < -0.3 is 15.2 Å². The average Bonchev–Trinajstić information content (AvgIpc) is 3.45. The van der Waals surface area contributed by atoms with Gasteiger partial charge in [-0.2, -0.15) is 14.7 Å². The molecule has 0 aliphatic carbocycles. The normalized spacial score (nSPS) is 17.1. The molecule has 1 aliphatic heterocycles. The third-order valence-electron chi connectivity index (χ3n) is 6.46. The van der Waals surface area contributed by atoms with Gasteiger partial charge in [-0.15, -0.1) is 0 Å². The number of hydrogen-bond acceptors (Lipinski definition) is 8. The number of benzene rings is 1. The molecule has 1 saturated heterocycles. The van der Waals surface area contributed by atoms with Crippen LogP contribution in [0.25, 0.3) is 16.8 Å². The van der Waals surface area contributed by atoms with Crippen molar-refractivity contribution in [3.05, 3.63) is 54.6 Å². The summed E-state index contributed by atoms with van der Waals surface area (Å²) in [6, 6.07) is 8.65. The Bertz CT molecular complexity index is 1460. The van der Waals surface area contributed by atoms with Crippen molar-refractivity contribution in [3.8, 4) is 11.1 Å². The molecule has 182 valence electrons. The van der Waals surface area contributed by atoms with Gasteiger partial charge in [0, 0.05) is 48.3 Å². The van der Waals surface area contributed by atoms with E-state index in [2.05, 4.69) is 20.3 Å². The van der Waals surface area contributed by atoms with Crippen molar-refractivity contribution in [3.63, 3.8) is 0 Å². The number of sulfone groups is 1. The number of hydrogen-bond donors (Lipinski definition) is 2. The van der Waals surface area contributed by atoms with Gasteiger partial charge in [-0.05, 0) is 57.0 Å². The lowest BCUT2D eigenvalue weighted by molar-refractivity contribution is 0.283. The molecular weight excluding hydrogens is 465 g/mol. The van der Waals surface area contributed by atoms with E-state index in [-0.39, 0.29) is 10.8 Å². The van der Waals surface area contributed by atoms with Crippen LogP contribution in [0.3, 0.4) is 0 Å². The number of nitrogens with one attached hydrogen (secondary N) is 1. The standard InChI is InChI=1S/C23H28BN7O3S/c1-24(32)30-10-4-5-16(15-30)21-11-22(27-18-6-8-19(9-7-18)35(3,33)34)31-23(28-21)20(13-26-31)17-12-25-29(2)14-17/h6-9,11-14,16,27,32H,4-5,10,15H2,1-3H3. The summed E-state index contributed by atoms with van der Waals surface area (Å²) in [4.78, 5) is 7.35. The van der Waals surface area contributed by atoms with E-state index in [1.54, 1.807) is 52.7 Å². The highest BCUT2D eigenvalue weighted by Crippen LogP contribution is 2.32. The fourth-order valence-electron chi connectivity index (χ4n) is 4.56. The minimum absolute atomic E-state index is 0.160. The molecule has 4 heterocycles. The quantitative estimate of drug-likeness (QED) is 0.394. The second-order valence-corrected chi connectivity index (χ2v) is 11.2. The van der Waals surface area contributed by atoms with E-state index in [0.29, 0.717) is 5.65 Å². The number of piperidine rings is 1. The summed E-state index contributed by atoms with van der Waals surface area (Å²) in [6.45, 7) is 3.38. The summed E-state index contributed by atoms with van der Waals surface area (Å²) < 4.78 is 27.2. The smallest absolute Gasteiger partial charge is 0.376 e. The molecule has 1 unspecified atom stereocenters. The maximum Gasteiger partial charge on any atom is 0.376 e. The second kappa shape index (κ2) is 9.10. The summed E-state index contributed by atoms with van der Waals surface area (Å²) in [5.41, 5.74) is 4.16. The van der Waals surface area contributed by atoms with Crippen molar-refractivity contribution < 1.29 is 13.4 Å². The molecule has 0 radical (unpaired) electrons. The zero-order valence-corrected chi connectivity index (χ0v) is 20.8. The lowest BCUT2D eigenvalue weighted by Crippen LogP contribution is -2.43. The van der Waals surface area contributed by atoms with E-state index in [4.69, 9.17) is 4.98 Å². The third-order valence-corrected chi connectivity index (χ3v) is 7.59. The van der Waals surface area contributed by atoms with Crippen molar-refractivity contribution in [2.45, 2.75) is 30.5 Å². The van der Waals surface area contributed by atoms with Gasteiger partial charge in [0.15, 0.2) is 15.5 Å². The van der Waals surface area contributed by atoms with Crippen LogP contribution in [-0.4, -0.2) is 69.0 Å². The number of aromatic nitrogens is 5. The van der Waals surface area contributed by atoms with Crippen LogP contribution in [-0.2, 0) is 16.9 Å². The first kappa shape index (κ1) is 23.5. The molecule has 3 aromatic heterocycles. The maximum atomic E-state index is 11.8. The Morgan fingerprint density at radius 2 is 1.94 bits per heavy atom. The van der Waals surface area contributed by atoms with E-state index in [1.807, 2.05) is 19.3 Å². The average molecular weight is 493 g/mol. The van der Waals surface area contributed by atoms with Crippen LogP contribution < -0.4 is 5.32 Å². The molecule has 1 fully saturated rings. The number of aryl methyl sites for hydroxylation is 1. The van der Waals surface area contributed by atoms with Crippen LogP contribution in [0.5, 0.6) is 0 Å². The largest absolute Gasteiger partial charge is 0.437 e. The summed E-state index contributed by atoms with van der Waals surface area (Å²) in [5.74, 6) is 0.884. The molecule has 35 heavy (non-hydrogen) atoms. The number of anilines is 2. The van der Waals surface area contributed by atoms with Gasteiger partial charge >= 0.3 is 7.05 Å². The second-order valence-electron chi connectivity index (χ2n) is 9.15. The fourth-order valence-corrected chi connectivity index (χ4v) is 5.19. The zero-order valence-electron chi connectivity index (χ0n) is 20.0. The van der Waals surface area contributed by atoms with Crippen LogP contribution in [0.1, 0.15) is 24.5 Å². The molecule has 4 aromatic rings. The molecule has 5 rings (SSSR count). The first-order valence-electron chi connectivity index (χ1n) is 11.6. The van der Waals surface area contributed by atoms with E-state index in [9.17, 15) is 13.4 Å². The monoisotopic (exact) mass is 493 g/mol. The first-order valence-corrected chi connectivity index (χ1v) is 13.4. The van der Waals surface area contributed by atoms with Crippen molar-refractivity contribution in [1.82, 2.24) is 29.2 Å². The Kier molecular flexibility index (Phi) is 6.12. The highest BCUT2D eigenvalue weighted by Gasteiger charge is 2.28. The highest BCUT2D eigenvalue weighted by molar-refractivity contribution is 7.90. The minimum Gasteiger partial charge on any atom is -0.437 e. The SMILES string of the molecule is CB(O)N1CCCC(c2cc(Nc3ccc(S(C)(=O)=O)cc3)n3ncc(-c4cnn(C)c4)c3n2)C1. The Labute approximate surface area is 204 Å². The molecule has 10 nitrogen and oxygen atoms in total. The van der Waals surface area contributed by atoms with Crippen molar-refractivity contribution in [1.29, 1.82) is 0 Å². The van der Waals surface area contributed by atoms with Crippen LogP contribution in [0.15, 0.2) is 53.8 Å². The van der Waals surface area contributed by atoms with E-state index in [0.717, 1.165) is 54.3 Å². The molecule has 1 aliphatic rings. The molecule has 1 aromatic carbocycles. The van der Waals surface area contributed by atoms with Crippen molar-refractivity contribution >= 4 is 34.0 Å². The van der Waals surface area contributed by atoms with Gasteiger partial charge in [-0.1, -0.05) is 0 Å². The van der Waals surface area contributed by atoms with Crippen LogP contribution in [0.4, 0.5) is 11.5 Å². The van der Waals surface area contributed by atoms with Crippen LogP contribution >= 0.6 is 0 Å². The Hall–Kier alpha value is -3.22. The zero-order chi connectivity index (χ0) is 24.7. The maximum absolute atomic E-state index is 11.8. The molecule has 1 atom stereocenters. The van der Waals surface area contributed by atoms with Crippen molar-refractivity contribution in [2.24, 2.45) is 7.05 Å². The lowest BCUT2D eigenvalue weighted by Gasteiger charge is -2.33. The highest BCUT2D eigenvalue weighted by atomic mass is 32.2. The summed E-state index contributed by atoms with van der Waals surface area (Å²) in [6.07, 6.45) is 8.65. The molecule has 0 bridgehead atoms. The topological polar surface area (TPSA) is 118 Å². The molecule has 0 amide bonds. The fraction of sp³-hybridized carbons (Fsp3) is 0.348. The predicted molar refractivity (Wildman–Crippen MR) is 135 cm³/mol. The number of nitrogens with zero attached hydrogens (tertiary/aromatic N) is 6. The molecule has 0 spiro atoms. The van der Waals surface area contributed by atoms with E-state index >= 15 is 0 Å². The van der Waals surface area contributed by atoms with Gasteiger partial charge in [0.1, 0.15) is 5.82 Å². The van der Waals surface area contributed by atoms with Gasteiger partial charge in [0.25, 0.3) is 0 Å². The molecule has 0 saturated carbocycles. The van der Waals surface area contributed by atoms with Gasteiger partial charge in [0.05, 0.1) is 23.0 Å². The Morgan fingerprint density at radius 1 is 1.17 bits per heavy atom. The summed E-state index contributed by atoms with van der Waals surface area (Å²) >= 11 is 0. The Balaban J connectivity index is 1.58. The third kappa shape index (κ3) is 4.81. The Morgan fingerprint density at radius 3 is 2.60 bits per heavy atom. The summed E-state index contributed by atoms with van der Waals surface area (Å²) in [5, 5.41) is 22.4. The van der Waals surface area contributed by atoms with Crippen molar-refractivity contribution in [2.75, 3.05) is 24.7 Å². The lowest BCUT2D eigenvalue weighted by atomic mass is 9.80. The van der Waals surface area contributed by atoms with Crippen LogP contribution in [0, 0.1) is 0 Å². The predicted octanol–water partition coefficient (Wildman–Crippen LogP) is 2.57. The minimum atomic E-state index is -3.27. The van der Waals surface area contributed by atoms with Gasteiger partial charge in [-0.3, -0.25) is 4.68 Å². The van der Waals surface area contributed by atoms with E-state index in [1.165, 1.54) is 6.26 Å². The van der Waals surface area contributed by atoms with E-state index < -0.39 is 16.9 Å². The van der Waals surface area contributed by atoms with Crippen LogP contribution in [0.2, 0.25) is 6.82 Å². The molecule has 12 heteroatoms. The molecular formula is C23H28BN7O3S. The first-order chi connectivity index (χ1) is 16.7. The number of fused-ring (bicyclic) bond motifs is 1. The molecule has 2 N–H and O–H groups in total. The number of rotatable bonds is 6. The van der Waals surface area contributed by atoms with Gasteiger partial charge in [0.2, 0.25) is 0 Å². The van der Waals surface area contributed by atoms with Gasteiger partial charge in [-0.25, -0.2) is 13.4 Å².